The van der Waals surface area contributed by atoms with E-state index in [1.165, 1.54) is 5.56 Å². The van der Waals surface area contributed by atoms with Crippen LogP contribution in [0.3, 0.4) is 0 Å². The fraction of sp³-hybridized carbons (Fsp3) is 0.600. The van der Waals surface area contributed by atoms with Crippen LogP contribution in [0.2, 0.25) is 0 Å². The molecule has 2 amide bonds. The van der Waals surface area contributed by atoms with E-state index < -0.39 is 0 Å². The number of benzene rings is 1. The van der Waals surface area contributed by atoms with Crippen molar-refractivity contribution in [2.75, 3.05) is 39.3 Å². The van der Waals surface area contributed by atoms with Gasteiger partial charge in [0.2, 0.25) is 11.8 Å². The molecular formula is C20H34Cl2N4O2. The molecule has 6 nitrogen and oxygen atoms in total. The lowest BCUT2D eigenvalue weighted by Crippen LogP contribution is -2.50. The van der Waals surface area contributed by atoms with E-state index in [-0.39, 0.29) is 43.2 Å². The minimum Gasteiger partial charge on any atom is -0.347 e. The molecule has 0 saturated carbocycles. The number of amides is 2. The lowest BCUT2D eigenvalue weighted by molar-refractivity contribution is -0.134. The Hall–Kier alpha value is -1.34. The van der Waals surface area contributed by atoms with Crippen molar-refractivity contribution in [1.82, 2.24) is 15.1 Å². The van der Waals surface area contributed by atoms with Gasteiger partial charge in [0.25, 0.3) is 0 Å². The van der Waals surface area contributed by atoms with Gasteiger partial charge in [-0.2, -0.15) is 0 Å². The van der Waals surface area contributed by atoms with Crippen LogP contribution in [0.4, 0.5) is 0 Å². The highest BCUT2D eigenvalue weighted by molar-refractivity contribution is 5.86. The van der Waals surface area contributed by atoms with E-state index in [2.05, 4.69) is 34.5 Å². The average Bonchev–Trinajstić information content (AvgIpc) is 2.67. The normalized spacial score (nSPS) is 14.0. The standard InChI is InChI=1S/C20H32N4O2.2ClH/c21-11-7-2-1-6-10-19(25)22-16-20(26)24-14-12-23(13-15-24)17-18-8-4-3-5-9-18;;/h3-5,8-9H,1-2,6-7,10-17,21H2,(H,22,25);2*1H. The second-order valence-electron chi connectivity index (χ2n) is 6.87. The van der Waals surface area contributed by atoms with Crippen LogP contribution in [0.5, 0.6) is 0 Å². The fourth-order valence-corrected chi connectivity index (χ4v) is 3.15. The SMILES string of the molecule is Cl.Cl.NCCCCCCC(=O)NCC(=O)N1CCN(Cc2ccccc2)CC1. The van der Waals surface area contributed by atoms with Crippen LogP contribution in [0.1, 0.15) is 37.7 Å². The maximum absolute atomic E-state index is 12.3. The lowest BCUT2D eigenvalue weighted by Gasteiger charge is -2.34. The molecule has 1 aliphatic rings. The Morgan fingerprint density at radius 2 is 1.57 bits per heavy atom. The second kappa shape index (κ2) is 15.6. The Kier molecular flexibility index (Phi) is 14.8. The Bertz CT molecular complexity index is 552. The Morgan fingerprint density at radius 1 is 0.929 bits per heavy atom. The summed E-state index contributed by atoms with van der Waals surface area (Å²) >= 11 is 0. The van der Waals surface area contributed by atoms with Crippen molar-refractivity contribution < 1.29 is 9.59 Å². The van der Waals surface area contributed by atoms with Crippen LogP contribution in [0.15, 0.2) is 30.3 Å². The van der Waals surface area contributed by atoms with Crippen molar-refractivity contribution in [2.24, 2.45) is 5.73 Å². The number of nitrogens with one attached hydrogen (secondary N) is 1. The number of hydrogen-bond acceptors (Lipinski definition) is 4. The van der Waals surface area contributed by atoms with Gasteiger partial charge >= 0.3 is 0 Å². The van der Waals surface area contributed by atoms with Crippen molar-refractivity contribution in [1.29, 1.82) is 0 Å². The second-order valence-corrected chi connectivity index (χ2v) is 6.87. The molecule has 0 atom stereocenters. The highest BCUT2D eigenvalue weighted by Gasteiger charge is 2.21. The summed E-state index contributed by atoms with van der Waals surface area (Å²) in [7, 11) is 0. The summed E-state index contributed by atoms with van der Waals surface area (Å²) in [5.74, 6) is -0.0188. The van der Waals surface area contributed by atoms with E-state index in [9.17, 15) is 9.59 Å². The number of halogens is 2. The molecule has 8 heteroatoms. The van der Waals surface area contributed by atoms with Gasteiger partial charge in [0.15, 0.2) is 0 Å². The fourth-order valence-electron chi connectivity index (χ4n) is 3.15. The molecule has 0 spiro atoms. The molecule has 1 fully saturated rings. The van der Waals surface area contributed by atoms with E-state index in [0.717, 1.165) is 58.4 Å². The minimum absolute atomic E-state index is 0. The number of piperazine rings is 1. The van der Waals surface area contributed by atoms with Gasteiger partial charge in [-0.15, -0.1) is 24.8 Å². The number of rotatable bonds is 10. The van der Waals surface area contributed by atoms with E-state index in [1.807, 2.05) is 11.0 Å². The van der Waals surface area contributed by atoms with E-state index in [0.29, 0.717) is 13.0 Å². The van der Waals surface area contributed by atoms with Gasteiger partial charge in [-0.25, -0.2) is 0 Å². The summed E-state index contributed by atoms with van der Waals surface area (Å²) in [6.45, 7) is 4.93. The van der Waals surface area contributed by atoms with Gasteiger partial charge in [-0.05, 0) is 24.9 Å². The predicted octanol–water partition coefficient (Wildman–Crippen LogP) is 2.20. The highest BCUT2D eigenvalue weighted by atomic mass is 35.5. The molecule has 2 rings (SSSR count). The molecule has 0 unspecified atom stereocenters. The average molecular weight is 433 g/mol. The monoisotopic (exact) mass is 432 g/mol. The smallest absolute Gasteiger partial charge is 0.242 e. The zero-order chi connectivity index (χ0) is 18.6. The van der Waals surface area contributed by atoms with Crippen LogP contribution in [-0.4, -0.2) is 60.9 Å². The number of nitrogens with two attached hydrogens (primary N) is 1. The molecule has 1 heterocycles. The van der Waals surface area contributed by atoms with Gasteiger partial charge in [0.05, 0.1) is 6.54 Å². The first-order chi connectivity index (χ1) is 12.7. The third kappa shape index (κ3) is 10.3. The summed E-state index contributed by atoms with van der Waals surface area (Å²) in [5, 5.41) is 2.75. The number of nitrogens with zero attached hydrogens (tertiary/aromatic N) is 2. The van der Waals surface area contributed by atoms with E-state index in [4.69, 9.17) is 5.73 Å². The van der Waals surface area contributed by atoms with Gasteiger partial charge in [-0.1, -0.05) is 43.2 Å². The van der Waals surface area contributed by atoms with Crippen molar-refractivity contribution in [2.45, 2.75) is 38.6 Å². The largest absolute Gasteiger partial charge is 0.347 e. The molecule has 1 aromatic carbocycles. The molecule has 160 valence electrons. The first kappa shape index (κ1) is 26.7. The molecular weight excluding hydrogens is 399 g/mol. The van der Waals surface area contributed by atoms with Gasteiger partial charge in [0, 0.05) is 39.1 Å². The molecule has 1 saturated heterocycles. The zero-order valence-electron chi connectivity index (χ0n) is 16.5. The van der Waals surface area contributed by atoms with Crippen LogP contribution in [0.25, 0.3) is 0 Å². The van der Waals surface area contributed by atoms with Gasteiger partial charge in [-0.3, -0.25) is 14.5 Å². The molecule has 28 heavy (non-hydrogen) atoms. The third-order valence-electron chi connectivity index (χ3n) is 4.77. The summed E-state index contributed by atoms with van der Waals surface area (Å²) in [6, 6.07) is 10.4. The molecule has 3 N–H and O–H groups in total. The lowest BCUT2D eigenvalue weighted by atomic mass is 10.1. The predicted molar refractivity (Wildman–Crippen MR) is 118 cm³/mol. The van der Waals surface area contributed by atoms with Crippen molar-refractivity contribution >= 4 is 36.6 Å². The maximum atomic E-state index is 12.3. The number of unbranched alkanes of at least 4 members (excludes halogenated alkanes) is 3. The molecule has 1 aliphatic heterocycles. The topological polar surface area (TPSA) is 78.7 Å². The quantitative estimate of drug-likeness (QED) is 0.555. The van der Waals surface area contributed by atoms with E-state index in [1.54, 1.807) is 0 Å². The zero-order valence-corrected chi connectivity index (χ0v) is 18.1. The molecule has 0 radical (unpaired) electrons. The van der Waals surface area contributed by atoms with Crippen molar-refractivity contribution in [3.8, 4) is 0 Å². The molecule has 1 aromatic rings. The van der Waals surface area contributed by atoms with E-state index >= 15 is 0 Å². The summed E-state index contributed by atoms with van der Waals surface area (Å²) < 4.78 is 0. The first-order valence-electron chi connectivity index (χ1n) is 9.70. The van der Waals surface area contributed by atoms with Crippen molar-refractivity contribution in [3.05, 3.63) is 35.9 Å². The Labute approximate surface area is 181 Å². The van der Waals surface area contributed by atoms with Gasteiger partial charge < -0.3 is 16.0 Å². The number of hydrogen-bond donors (Lipinski definition) is 2. The first-order valence-corrected chi connectivity index (χ1v) is 9.70. The summed E-state index contributed by atoms with van der Waals surface area (Å²) in [4.78, 5) is 28.3. The third-order valence-corrected chi connectivity index (χ3v) is 4.77. The molecule has 0 aliphatic carbocycles. The number of carbonyl (C=O) groups excluding carboxylic acids is 2. The van der Waals surface area contributed by atoms with Crippen LogP contribution >= 0.6 is 24.8 Å². The van der Waals surface area contributed by atoms with Crippen LogP contribution in [-0.2, 0) is 16.1 Å². The summed E-state index contributed by atoms with van der Waals surface area (Å²) in [5.41, 5.74) is 6.74. The van der Waals surface area contributed by atoms with Crippen LogP contribution in [0, 0.1) is 0 Å². The number of carbonyl (C=O) groups is 2. The molecule has 0 bridgehead atoms. The highest BCUT2D eigenvalue weighted by Crippen LogP contribution is 2.08. The molecule has 0 aromatic heterocycles. The summed E-state index contributed by atoms with van der Waals surface area (Å²) in [6.07, 6.45) is 4.44. The Morgan fingerprint density at radius 3 is 2.21 bits per heavy atom. The van der Waals surface area contributed by atoms with Gasteiger partial charge in [0.1, 0.15) is 0 Å². The minimum atomic E-state index is -0.0335. The van der Waals surface area contributed by atoms with Crippen LogP contribution < -0.4 is 11.1 Å². The maximum Gasteiger partial charge on any atom is 0.242 e. The van der Waals surface area contributed by atoms with Crippen molar-refractivity contribution in [3.63, 3.8) is 0 Å². The Balaban J connectivity index is 0.00000364.